The van der Waals surface area contributed by atoms with Crippen molar-refractivity contribution in [3.63, 3.8) is 0 Å². The molecule has 10 heteroatoms. The number of anilines is 1. The Morgan fingerprint density at radius 2 is 1.79 bits per heavy atom. The molecule has 1 fully saturated rings. The number of rotatable bonds is 3. The van der Waals surface area contributed by atoms with Crippen molar-refractivity contribution in [2.24, 2.45) is 0 Å². The predicted octanol–water partition coefficient (Wildman–Crippen LogP) is 4.08. The van der Waals surface area contributed by atoms with Gasteiger partial charge in [0.25, 0.3) is 5.79 Å². The van der Waals surface area contributed by atoms with Crippen LogP contribution in [0, 0.1) is 0 Å². The Morgan fingerprint density at radius 3 is 2.33 bits per heavy atom. The van der Waals surface area contributed by atoms with E-state index in [2.05, 4.69) is 5.32 Å². The number of halogens is 4. The van der Waals surface area contributed by atoms with Crippen LogP contribution in [0.4, 0.5) is 18.9 Å². The SMILES string of the molecule is CC1(C)OC(=O)C(=CNc2cc(SC(F)(F)F)ccc2Cl)C(=O)O1. The molecule has 1 aliphatic rings. The molecule has 0 amide bonds. The second kappa shape index (κ2) is 6.56. The van der Waals surface area contributed by atoms with E-state index < -0.39 is 28.8 Å². The van der Waals surface area contributed by atoms with Crippen molar-refractivity contribution in [1.29, 1.82) is 0 Å². The summed E-state index contributed by atoms with van der Waals surface area (Å²) < 4.78 is 47.0. The standard InChI is InChI=1S/C14H11ClF3NO4S/c1-13(2)22-11(20)8(12(21)23-13)6-19-10-5-7(3-4-9(10)15)24-14(16,17)18/h3-6,19H,1-2H3. The zero-order valence-corrected chi connectivity index (χ0v) is 13.9. The van der Waals surface area contributed by atoms with Crippen molar-refractivity contribution in [3.8, 4) is 0 Å². The van der Waals surface area contributed by atoms with E-state index in [0.717, 1.165) is 12.3 Å². The Bertz CT molecular complexity index is 696. The third-order valence-corrected chi connectivity index (χ3v) is 3.71. The summed E-state index contributed by atoms with van der Waals surface area (Å²) in [7, 11) is 0. The van der Waals surface area contributed by atoms with Crippen LogP contribution in [0.5, 0.6) is 0 Å². The monoisotopic (exact) mass is 381 g/mol. The molecule has 0 aromatic heterocycles. The lowest BCUT2D eigenvalue weighted by atomic mass is 10.2. The highest BCUT2D eigenvalue weighted by Gasteiger charge is 2.39. The fourth-order valence-electron chi connectivity index (χ4n) is 1.74. The molecule has 0 atom stereocenters. The van der Waals surface area contributed by atoms with Crippen LogP contribution < -0.4 is 5.32 Å². The molecular formula is C14H11ClF3NO4S. The Morgan fingerprint density at radius 1 is 1.21 bits per heavy atom. The van der Waals surface area contributed by atoms with Crippen LogP contribution in [0.2, 0.25) is 5.02 Å². The van der Waals surface area contributed by atoms with Crippen molar-refractivity contribution in [2.45, 2.75) is 30.0 Å². The van der Waals surface area contributed by atoms with Crippen LogP contribution in [0.25, 0.3) is 0 Å². The molecule has 1 aliphatic heterocycles. The molecule has 1 aromatic carbocycles. The number of alkyl halides is 3. The normalized spacial score (nSPS) is 17.2. The second-order valence-electron chi connectivity index (χ2n) is 5.07. The van der Waals surface area contributed by atoms with Crippen LogP contribution in [0.1, 0.15) is 13.8 Å². The molecule has 0 spiro atoms. The number of cyclic esters (lactones) is 2. The van der Waals surface area contributed by atoms with E-state index in [1.54, 1.807) is 0 Å². The van der Waals surface area contributed by atoms with Gasteiger partial charge in [0.05, 0.1) is 10.7 Å². The summed E-state index contributed by atoms with van der Waals surface area (Å²) in [6.45, 7) is 2.78. The summed E-state index contributed by atoms with van der Waals surface area (Å²) in [5.41, 5.74) is -4.80. The van der Waals surface area contributed by atoms with Gasteiger partial charge in [-0.05, 0) is 30.0 Å². The Balaban J connectivity index is 2.20. The lowest BCUT2D eigenvalue weighted by Gasteiger charge is -2.29. The summed E-state index contributed by atoms with van der Waals surface area (Å²) in [6.07, 6.45) is 0.975. The molecule has 1 N–H and O–H groups in total. The number of hydrogen-bond donors (Lipinski definition) is 1. The minimum Gasteiger partial charge on any atom is -0.419 e. The molecule has 0 saturated carbocycles. The first-order chi connectivity index (χ1) is 11.0. The van der Waals surface area contributed by atoms with Crippen molar-refractivity contribution in [1.82, 2.24) is 0 Å². The second-order valence-corrected chi connectivity index (χ2v) is 6.62. The summed E-state index contributed by atoms with van der Waals surface area (Å²) in [6, 6.07) is 3.60. The number of hydrogen-bond acceptors (Lipinski definition) is 6. The van der Waals surface area contributed by atoms with Gasteiger partial charge in [0.1, 0.15) is 0 Å². The van der Waals surface area contributed by atoms with Gasteiger partial charge in [-0.15, -0.1) is 0 Å². The molecule has 1 heterocycles. The van der Waals surface area contributed by atoms with Crippen LogP contribution in [-0.4, -0.2) is 23.2 Å². The van der Waals surface area contributed by atoms with Crippen molar-refractivity contribution in [3.05, 3.63) is 35.0 Å². The molecule has 0 radical (unpaired) electrons. The first-order valence-corrected chi connectivity index (χ1v) is 7.65. The molecule has 1 saturated heterocycles. The number of carbonyl (C=O) groups excluding carboxylic acids is 2. The molecule has 0 bridgehead atoms. The first kappa shape index (κ1) is 18.5. The molecule has 1 aromatic rings. The predicted molar refractivity (Wildman–Crippen MR) is 81.3 cm³/mol. The number of benzene rings is 1. The topological polar surface area (TPSA) is 64.6 Å². The van der Waals surface area contributed by atoms with Crippen molar-refractivity contribution < 1.29 is 32.2 Å². The van der Waals surface area contributed by atoms with Gasteiger partial charge in [0.15, 0.2) is 5.57 Å². The number of thioether (sulfide) groups is 1. The summed E-state index contributed by atoms with van der Waals surface area (Å²) in [5.74, 6) is -3.21. The average molecular weight is 382 g/mol. The highest BCUT2D eigenvalue weighted by molar-refractivity contribution is 8.00. The number of ether oxygens (including phenoxy) is 2. The highest BCUT2D eigenvalue weighted by atomic mass is 35.5. The van der Waals surface area contributed by atoms with E-state index in [1.165, 1.54) is 26.0 Å². The van der Waals surface area contributed by atoms with Gasteiger partial charge in [-0.3, -0.25) is 0 Å². The largest absolute Gasteiger partial charge is 0.446 e. The number of carbonyl (C=O) groups is 2. The Kier molecular flexibility index (Phi) is 5.05. The average Bonchev–Trinajstić information content (AvgIpc) is 2.38. The lowest BCUT2D eigenvalue weighted by Crippen LogP contribution is -2.42. The zero-order chi connectivity index (χ0) is 18.1. The van der Waals surface area contributed by atoms with Crippen LogP contribution in [0.3, 0.4) is 0 Å². The van der Waals surface area contributed by atoms with Gasteiger partial charge in [-0.2, -0.15) is 13.2 Å². The van der Waals surface area contributed by atoms with Crippen molar-refractivity contribution in [2.75, 3.05) is 5.32 Å². The minimum absolute atomic E-state index is 0.0869. The van der Waals surface area contributed by atoms with E-state index in [0.29, 0.717) is 0 Å². The van der Waals surface area contributed by atoms with E-state index in [9.17, 15) is 22.8 Å². The Hall–Kier alpha value is -1.87. The number of nitrogens with one attached hydrogen (secondary N) is 1. The third-order valence-electron chi connectivity index (χ3n) is 2.66. The smallest absolute Gasteiger partial charge is 0.419 e. The quantitative estimate of drug-likeness (QED) is 0.368. The van der Waals surface area contributed by atoms with E-state index in [-0.39, 0.29) is 27.4 Å². The highest BCUT2D eigenvalue weighted by Crippen LogP contribution is 2.39. The molecule has 24 heavy (non-hydrogen) atoms. The number of esters is 2. The van der Waals surface area contributed by atoms with Crippen LogP contribution in [-0.2, 0) is 19.1 Å². The summed E-state index contributed by atoms with van der Waals surface area (Å²) in [4.78, 5) is 23.4. The third kappa shape index (κ3) is 4.81. The fraction of sp³-hybridized carbons (Fsp3) is 0.286. The van der Waals surface area contributed by atoms with E-state index in [1.807, 2.05) is 0 Å². The van der Waals surface area contributed by atoms with E-state index >= 15 is 0 Å². The molecule has 5 nitrogen and oxygen atoms in total. The first-order valence-electron chi connectivity index (χ1n) is 6.45. The molecule has 130 valence electrons. The maximum Gasteiger partial charge on any atom is 0.446 e. The summed E-state index contributed by atoms with van der Waals surface area (Å²) in [5, 5.41) is 2.63. The lowest BCUT2D eigenvalue weighted by molar-refractivity contribution is -0.222. The fourth-order valence-corrected chi connectivity index (χ4v) is 2.49. The van der Waals surface area contributed by atoms with Crippen LogP contribution >= 0.6 is 23.4 Å². The maximum absolute atomic E-state index is 12.4. The van der Waals surface area contributed by atoms with Gasteiger partial charge < -0.3 is 14.8 Å². The molecule has 0 unspecified atom stereocenters. The van der Waals surface area contributed by atoms with E-state index in [4.69, 9.17) is 21.1 Å². The zero-order valence-electron chi connectivity index (χ0n) is 12.4. The summed E-state index contributed by atoms with van der Waals surface area (Å²) >= 11 is 5.57. The molecule has 2 rings (SSSR count). The van der Waals surface area contributed by atoms with Gasteiger partial charge in [-0.1, -0.05) is 11.6 Å². The van der Waals surface area contributed by atoms with Crippen molar-refractivity contribution >= 4 is 41.0 Å². The Labute approximate surface area is 144 Å². The molecular weight excluding hydrogens is 371 g/mol. The van der Waals surface area contributed by atoms with Gasteiger partial charge >= 0.3 is 17.4 Å². The minimum atomic E-state index is -4.45. The van der Waals surface area contributed by atoms with Gasteiger partial charge in [0, 0.05) is 24.9 Å². The van der Waals surface area contributed by atoms with Gasteiger partial charge in [-0.25, -0.2) is 9.59 Å². The molecule has 0 aliphatic carbocycles. The maximum atomic E-state index is 12.4. The van der Waals surface area contributed by atoms with Gasteiger partial charge in [0.2, 0.25) is 0 Å². The van der Waals surface area contributed by atoms with Crippen LogP contribution in [0.15, 0.2) is 34.9 Å².